The molecule has 0 atom stereocenters. The Morgan fingerprint density at radius 2 is 1.70 bits per heavy atom. The Hall–Kier alpha value is -4.73. The molecular formula is C30H22ClN4O4S+. The van der Waals surface area contributed by atoms with Crippen molar-refractivity contribution >= 4 is 44.6 Å². The van der Waals surface area contributed by atoms with Crippen LogP contribution < -0.4 is 15.2 Å². The molecule has 0 spiro atoms. The van der Waals surface area contributed by atoms with Crippen molar-refractivity contribution in [3.63, 3.8) is 0 Å². The summed E-state index contributed by atoms with van der Waals surface area (Å²) in [6.45, 7) is 2.02. The monoisotopic (exact) mass is 569 g/mol. The van der Waals surface area contributed by atoms with Gasteiger partial charge in [0.1, 0.15) is 15.5 Å². The van der Waals surface area contributed by atoms with Crippen LogP contribution in [-0.4, -0.2) is 28.3 Å². The number of benzene rings is 3. The fourth-order valence-corrected chi connectivity index (χ4v) is 5.66. The highest BCUT2D eigenvalue weighted by molar-refractivity contribution is 7.21. The van der Waals surface area contributed by atoms with E-state index >= 15 is 0 Å². The van der Waals surface area contributed by atoms with Crippen LogP contribution in [0.25, 0.3) is 38.3 Å². The van der Waals surface area contributed by atoms with Gasteiger partial charge in [-0.15, -0.1) is 11.3 Å². The van der Waals surface area contributed by atoms with Gasteiger partial charge in [-0.3, -0.25) is 9.32 Å². The van der Waals surface area contributed by atoms with Gasteiger partial charge >= 0.3 is 11.6 Å². The first-order chi connectivity index (χ1) is 19.3. The molecule has 0 fully saturated rings. The van der Waals surface area contributed by atoms with Crippen molar-refractivity contribution in [2.75, 3.05) is 12.8 Å². The molecule has 6 aromatic rings. The molecule has 0 bridgehead atoms. The van der Waals surface area contributed by atoms with Gasteiger partial charge in [0.05, 0.1) is 18.5 Å². The topological polar surface area (TPSA) is 115 Å². The molecule has 0 radical (unpaired) electrons. The third-order valence-corrected chi connectivity index (χ3v) is 7.91. The molecule has 6 rings (SSSR count). The second-order valence-electron chi connectivity index (χ2n) is 9.12. The van der Waals surface area contributed by atoms with Crippen molar-refractivity contribution in [2.45, 2.75) is 6.92 Å². The maximum absolute atomic E-state index is 13.9. The molecule has 3 heterocycles. The van der Waals surface area contributed by atoms with Gasteiger partial charge in [0.2, 0.25) is 11.0 Å². The summed E-state index contributed by atoms with van der Waals surface area (Å²) in [7, 11) is 1.56. The summed E-state index contributed by atoms with van der Waals surface area (Å²) in [5.41, 5.74) is 11.7. The zero-order valence-corrected chi connectivity index (χ0v) is 23.0. The van der Waals surface area contributed by atoms with E-state index in [9.17, 15) is 9.90 Å². The second kappa shape index (κ2) is 10.1. The highest BCUT2D eigenvalue weighted by Crippen LogP contribution is 2.42. The fraction of sp³-hybridized carbons (Fsp3) is 0.0667. The maximum Gasteiger partial charge on any atom is 0.393 e. The average molecular weight is 570 g/mol. The number of thiophene rings is 1. The van der Waals surface area contributed by atoms with Crippen LogP contribution >= 0.6 is 22.9 Å². The lowest BCUT2D eigenvalue weighted by Crippen LogP contribution is -2.38. The molecule has 3 N–H and O–H groups in total. The van der Waals surface area contributed by atoms with Crippen molar-refractivity contribution < 1.29 is 23.8 Å². The van der Waals surface area contributed by atoms with E-state index in [4.69, 9.17) is 31.6 Å². The van der Waals surface area contributed by atoms with E-state index in [1.165, 1.54) is 4.68 Å². The first-order valence-corrected chi connectivity index (χ1v) is 13.4. The second-order valence-corrected chi connectivity index (χ2v) is 10.6. The Morgan fingerprint density at radius 3 is 2.38 bits per heavy atom. The molecule has 3 aromatic carbocycles. The molecular weight excluding hydrogens is 548 g/mol. The first-order valence-electron chi connectivity index (χ1n) is 12.2. The number of nitrogen functional groups attached to an aromatic ring is 1. The minimum absolute atomic E-state index is 0.154. The number of anilines is 1. The van der Waals surface area contributed by atoms with E-state index < -0.39 is 11.7 Å². The molecule has 0 unspecified atom stereocenters. The van der Waals surface area contributed by atoms with Gasteiger partial charge < -0.3 is 15.6 Å². The Labute approximate surface area is 237 Å². The molecule has 40 heavy (non-hydrogen) atoms. The van der Waals surface area contributed by atoms with Crippen LogP contribution in [0.3, 0.4) is 0 Å². The number of aromatic nitrogens is 3. The zero-order valence-electron chi connectivity index (χ0n) is 21.4. The molecule has 0 aliphatic rings. The van der Waals surface area contributed by atoms with Crippen molar-refractivity contribution in [1.29, 1.82) is 0 Å². The summed E-state index contributed by atoms with van der Waals surface area (Å²) in [6, 6.07) is 24.2. The predicted octanol–water partition coefficient (Wildman–Crippen LogP) is 6.38. The van der Waals surface area contributed by atoms with Crippen LogP contribution in [0.2, 0.25) is 5.02 Å². The molecule has 0 aliphatic carbocycles. The maximum atomic E-state index is 13.9. The number of rotatable bonds is 6. The average Bonchev–Trinajstić information content (AvgIpc) is 3.52. The van der Waals surface area contributed by atoms with E-state index in [0.717, 1.165) is 33.6 Å². The van der Waals surface area contributed by atoms with Crippen LogP contribution in [0.4, 0.5) is 5.69 Å². The number of hydrogen-bond acceptors (Lipinski definition) is 8. The predicted molar refractivity (Wildman–Crippen MR) is 154 cm³/mol. The van der Waals surface area contributed by atoms with Gasteiger partial charge in [-0.2, -0.15) is 0 Å². The Balaban J connectivity index is 1.53. The van der Waals surface area contributed by atoms with E-state index in [1.54, 1.807) is 43.5 Å². The molecule has 0 saturated carbocycles. The molecule has 10 heteroatoms. The largest absolute Gasteiger partial charge is 0.497 e. The SMILES string of the molecule is COc1ccc(-[n+]2noc(O)c2C(=O)c2sc3nc(-c4ccc(Cl)cc4)cc(-c4ccc(C)cc4)c3c2N)cc1. The van der Waals surface area contributed by atoms with E-state index in [-0.39, 0.29) is 16.3 Å². The van der Waals surface area contributed by atoms with E-state index in [1.807, 2.05) is 49.4 Å². The number of nitrogens with zero attached hydrogens (tertiary/aromatic N) is 3. The number of nitrogens with two attached hydrogens (primary N) is 1. The number of hydrogen-bond donors (Lipinski definition) is 2. The normalized spacial score (nSPS) is 11.2. The minimum Gasteiger partial charge on any atom is -0.497 e. The van der Waals surface area contributed by atoms with Crippen molar-refractivity contribution in [3.05, 3.63) is 100 Å². The third-order valence-electron chi connectivity index (χ3n) is 6.56. The summed E-state index contributed by atoms with van der Waals surface area (Å²) in [5, 5.41) is 15.7. The number of aryl methyl sites for hydroxylation is 1. The molecule has 8 nitrogen and oxygen atoms in total. The third kappa shape index (κ3) is 4.45. The standard InChI is InChI=1S/C30H21ClN4O4S/c1-16-3-5-17(6-4-16)22-15-23(18-7-9-19(31)10-8-18)33-29-24(22)25(32)28(40-29)27(36)26-30(37)39-34-35(26)20-11-13-21(38-2)14-12-20/h3-15H,1-2H3,(H2-,32,34,36,37)/p+1. The molecule has 0 aliphatic heterocycles. The number of halogens is 1. The van der Waals surface area contributed by atoms with Crippen molar-refractivity contribution in [3.8, 4) is 39.8 Å². The van der Waals surface area contributed by atoms with Crippen molar-refractivity contribution in [2.24, 2.45) is 0 Å². The Kier molecular flexibility index (Phi) is 6.45. The fourth-order valence-electron chi connectivity index (χ4n) is 4.47. The van der Waals surface area contributed by atoms with Crippen LogP contribution in [0, 0.1) is 6.92 Å². The van der Waals surface area contributed by atoms with Crippen LogP contribution in [-0.2, 0) is 0 Å². The number of ketones is 1. The van der Waals surface area contributed by atoms with Gasteiger partial charge in [0.15, 0.2) is 0 Å². The lowest BCUT2D eigenvalue weighted by atomic mass is 9.98. The number of fused-ring (bicyclic) bond motifs is 1. The number of carbonyl (C=O) groups is 1. The Bertz CT molecular complexity index is 1880. The number of aromatic hydroxyl groups is 1. The smallest absolute Gasteiger partial charge is 0.393 e. The quantitative estimate of drug-likeness (QED) is 0.176. The van der Waals surface area contributed by atoms with Crippen LogP contribution in [0.15, 0.2) is 83.4 Å². The van der Waals surface area contributed by atoms with Gasteiger partial charge in [-0.05, 0) is 48.4 Å². The summed E-state index contributed by atoms with van der Waals surface area (Å²) in [6.07, 6.45) is 0. The summed E-state index contributed by atoms with van der Waals surface area (Å²) >= 11 is 7.26. The molecule has 3 aromatic heterocycles. The number of ether oxygens (including phenoxy) is 1. The summed E-state index contributed by atoms with van der Waals surface area (Å²) in [4.78, 5) is 19.6. The Morgan fingerprint density at radius 1 is 1.02 bits per heavy atom. The van der Waals surface area contributed by atoms with Crippen molar-refractivity contribution in [1.82, 2.24) is 10.3 Å². The highest BCUT2D eigenvalue weighted by Gasteiger charge is 2.37. The lowest BCUT2D eigenvalue weighted by Gasteiger charge is -2.09. The zero-order chi connectivity index (χ0) is 28.0. The van der Waals surface area contributed by atoms with Gasteiger partial charge in [-0.1, -0.05) is 53.6 Å². The number of carbonyl (C=O) groups excluding carboxylic acids is 1. The van der Waals surface area contributed by atoms with Gasteiger partial charge in [-0.25, -0.2) is 4.98 Å². The molecule has 0 saturated heterocycles. The molecule has 0 amide bonds. The van der Waals surface area contributed by atoms with Crippen LogP contribution in [0.5, 0.6) is 11.7 Å². The lowest BCUT2D eigenvalue weighted by molar-refractivity contribution is -0.672. The highest BCUT2D eigenvalue weighted by atomic mass is 35.5. The summed E-state index contributed by atoms with van der Waals surface area (Å²) < 4.78 is 11.4. The first kappa shape index (κ1) is 25.5. The minimum atomic E-state index is -0.619. The van der Waals surface area contributed by atoms with Gasteiger partial charge in [0, 0.05) is 32.8 Å². The summed E-state index contributed by atoms with van der Waals surface area (Å²) in [5.74, 6) is -0.533. The number of pyridine rings is 1. The van der Waals surface area contributed by atoms with Gasteiger partial charge in [0.25, 0.3) is 5.78 Å². The van der Waals surface area contributed by atoms with E-state index in [0.29, 0.717) is 32.4 Å². The van der Waals surface area contributed by atoms with E-state index in [2.05, 4.69) is 5.27 Å². The number of methoxy groups -OCH3 is 1. The van der Waals surface area contributed by atoms with Crippen LogP contribution in [0.1, 0.15) is 20.9 Å². The molecule has 198 valence electrons.